The number of carbonyl (C=O) groups is 1. The van der Waals surface area contributed by atoms with Gasteiger partial charge in [0, 0.05) is 26.7 Å². The van der Waals surface area contributed by atoms with Crippen molar-refractivity contribution in [1.29, 1.82) is 0 Å². The molecule has 2 aromatic rings. The predicted molar refractivity (Wildman–Crippen MR) is 99.3 cm³/mol. The topological polar surface area (TPSA) is 93.4 Å². The maximum Gasteiger partial charge on any atom is 0.329 e. The van der Waals surface area contributed by atoms with Crippen molar-refractivity contribution in [1.82, 2.24) is 18.8 Å². The van der Waals surface area contributed by atoms with Crippen molar-refractivity contribution < 1.29 is 13.2 Å². The molecule has 9 heteroatoms. The lowest BCUT2D eigenvalue weighted by molar-refractivity contribution is -0.121. The molecule has 0 radical (unpaired) electrons. The van der Waals surface area contributed by atoms with Crippen molar-refractivity contribution >= 4 is 27.0 Å². The summed E-state index contributed by atoms with van der Waals surface area (Å²) < 4.78 is 27.5. The minimum Gasteiger partial charge on any atom is -0.354 e. The third kappa shape index (κ3) is 3.83. The number of rotatable bonds is 5. The van der Waals surface area contributed by atoms with Crippen molar-refractivity contribution in [2.75, 3.05) is 25.9 Å². The molecule has 3 rings (SSSR count). The van der Waals surface area contributed by atoms with E-state index in [-0.39, 0.29) is 24.1 Å². The van der Waals surface area contributed by atoms with Crippen LogP contribution in [0.4, 0.5) is 0 Å². The molecule has 1 aromatic carbocycles. The Hall–Kier alpha value is -2.13. The molecule has 0 bridgehead atoms. The summed E-state index contributed by atoms with van der Waals surface area (Å²) in [6.45, 7) is 1.45. The summed E-state index contributed by atoms with van der Waals surface area (Å²) in [6, 6.07) is 7.37. The highest BCUT2D eigenvalue weighted by Crippen LogP contribution is 2.18. The summed E-state index contributed by atoms with van der Waals surface area (Å²) in [7, 11) is -1.45. The standard InChI is InChI=1S/C17H24N4O4S/c1-19-14-5-3-4-6-15(14)21(17(19)23)12-16(22)18-11-13-7-9-20(10-8-13)26(2,24)25/h3-6,13H,7-12H2,1-2H3,(H,18,22). The highest BCUT2D eigenvalue weighted by molar-refractivity contribution is 7.88. The van der Waals surface area contributed by atoms with Crippen LogP contribution in [-0.2, 0) is 28.4 Å². The van der Waals surface area contributed by atoms with Gasteiger partial charge in [0.1, 0.15) is 6.54 Å². The molecule has 1 aliphatic rings. The minimum atomic E-state index is -3.14. The molecular weight excluding hydrogens is 356 g/mol. The van der Waals surface area contributed by atoms with Crippen LogP contribution in [0.25, 0.3) is 11.0 Å². The van der Waals surface area contributed by atoms with E-state index in [9.17, 15) is 18.0 Å². The lowest BCUT2D eigenvalue weighted by Crippen LogP contribution is -2.41. The number of hydrogen-bond acceptors (Lipinski definition) is 4. The summed E-state index contributed by atoms with van der Waals surface area (Å²) in [4.78, 5) is 24.6. The van der Waals surface area contributed by atoms with Gasteiger partial charge in [-0.05, 0) is 30.9 Å². The van der Waals surface area contributed by atoms with Gasteiger partial charge < -0.3 is 5.32 Å². The van der Waals surface area contributed by atoms with Crippen molar-refractivity contribution in [3.63, 3.8) is 0 Å². The van der Waals surface area contributed by atoms with Gasteiger partial charge in [0.25, 0.3) is 0 Å². The van der Waals surface area contributed by atoms with Crippen LogP contribution in [0.1, 0.15) is 12.8 Å². The van der Waals surface area contributed by atoms with Crippen molar-refractivity contribution in [2.45, 2.75) is 19.4 Å². The Kier molecular flexibility index (Phi) is 5.19. The van der Waals surface area contributed by atoms with Gasteiger partial charge in [-0.2, -0.15) is 0 Å². The van der Waals surface area contributed by atoms with E-state index >= 15 is 0 Å². The molecule has 0 aliphatic carbocycles. The summed E-state index contributed by atoms with van der Waals surface area (Å²) in [5, 5.41) is 2.88. The molecular formula is C17H24N4O4S. The molecule has 8 nitrogen and oxygen atoms in total. The van der Waals surface area contributed by atoms with Gasteiger partial charge in [-0.15, -0.1) is 0 Å². The number of aryl methyl sites for hydroxylation is 1. The third-order valence-corrected chi connectivity index (χ3v) is 6.29. The van der Waals surface area contributed by atoms with Crippen LogP contribution in [-0.4, -0.2) is 53.7 Å². The number of aromatic nitrogens is 2. The van der Waals surface area contributed by atoms with Crippen LogP contribution in [0.3, 0.4) is 0 Å². The molecule has 1 amide bonds. The van der Waals surface area contributed by atoms with Crippen molar-refractivity contribution in [2.24, 2.45) is 13.0 Å². The first-order valence-electron chi connectivity index (χ1n) is 8.63. The molecule has 26 heavy (non-hydrogen) atoms. The molecule has 0 spiro atoms. The average molecular weight is 380 g/mol. The normalized spacial score (nSPS) is 16.8. The first kappa shape index (κ1) is 18.7. The number of nitrogens with one attached hydrogen (secondary N) is 1. The van der Waals surface area contributed by atoms with Gasteiger partial charge in [-0.3, -0.25) is 13.9 Å². The fourth-order valence-corrected chi connectivity index (χ4v) is 4.29. The van der Waals surface area contributed by atoms with E-state index in [1.165, 1.54) is 19.7 Å². The smallest absolute Gasteiger partial charge is 0.329 e. The van der Waals surface area contributed by atoms with E-state index in [4.69, 9.17) is 0 Å². The highest BCUT2D eigenvalue weighted by Gasteiger charge is 2.25. The Morgan fingerprint density at radius 2 is 1.81 bits per heavy atom. The zero-order valence-electron chi connectivity index (χ0n) is 15.0. The van der Waals surface area contributed by atoms with E-state index in [0.717, 1.165) is 23.9 Å². The van der Waals surface area contributed by atoms with Gasteiger partial charge >= 0.3 is 5.69 Å². The second kappa shape index (κ2) is 7.24. The van der Waals surface area contributed by atoms with E-state index in [1.54, 1.807) is 7.05 Å². The number of piperidine rings is 1. The van der Waals surface area contributed by atoms with E-state index in [1.807, 2.05) is 24.3 Å². The zero-order chi connectivity index (χ0) is 18.9. The number of sulfonamides is 1. The van der Waals surface area contributed by atoms with E-state index in [0.29, 0.717) is 19.6 Å². The molecule has 1 aromatic heterocycles. The number of imidazole rings is 1. The predicted octanol–water partition coefficient (Wildman–Crippen LogP) is 0.128. The molecule has 1 N–H and O–H groups in total. The molecule has 1 fully saturated rings. The van der Waals surface area contributed by atoms with Gasteiger partial charge in [0.15, 0.2) is 0 Å². The maximum absolute atomic E-state index is 12.3. The number of para-hydroxylation sites is 2. The number of benzene rings is 1. The summed E-state index contributed by atoms with van der Waals surface area (Å²) in [6.07, 6.45) is 2.67. The highest BCUT2D eigenvalue weighted by atomic mass is 32.2. The SMILES string of the molecule is Cn1c(=O)n(CC(=O)NCC2CCN(S(C)(=O)=O)CC2)c2ccccc21. The Morgan fingerprint density at radius 1 is 1.19 bits per heavy atom. The Labute approximate surface area is 152 Å². The number of hydrogen-bond donors (Lipinski definition) is 1. The first-order valence-corrected chi connectivity index (χ1v) is 10.5. The molecule has 1 aliphatic heterocycles. The Bertz CT molecular complexity index is 968. The first-order chi connectivity index (χ1) is 12.3. The summed E-state index contributed by atoms with van der Waals surface area (Å²) in [5.41, 5.74) is 1.30. The molecule has 0 saturated carbocycles. The number of nitrogens with zero attached hydrogens (tertiary/aromatic N) is 3. The molecule has 0 unspecified atom stereocenters. The number of fused-ring (bicyclic) bond motifs is 1. The van der Waals surface area contributed by atoms with Gasteiger partial charge in [-0.1, -0.05) is 12.1 Å². The van der Waals surface area contributed by atoms with Crippen LogP contribution < -0.4 is 11.0 Å². The fraction of sp³-hybridized carbons (Fsp3) is 0.529. The molecule has 142 valence electrons. The number of amides is 1. The minimum absolute atomic E-state index is 0.0254. The summed E-state index contributed by atoms with van der Waals surface area (Å²) in [5.74, 6) is 0.0372. The van der Waals surface area contributed by atoms with E-state index in [2.05, 4.69) is 5.32 Å². The quantitative estimate of drug-likeness (QED) is 0.798. The van der Waals surface area contributed by atoms with Crippen LogP contribution in [0.15, 0.2) is 29.1 Å². The fourth-order valence-electron chi connectivity index (χ4n) is 3.42. The molecule has 0 atom stereocenters. The van der Waals surface area contributed by atoms with Crippen LogP contribution in [0.2, 0.25) is 0 Å². The van der Waals surface area contributed by atoms with Gasteiger partial charge in [-0.25, -0.2) is 17.5 Å². The van der Waals surface area contributed by atoms with Crippen LogP contribution in [0, 0.1) is 5.92 Å². The number of carbonyl (C=O) groups excluding carboxylic acids is 1. The maximum atomic E-state index is 12.3. The lowest BCUT2D eigenvalue weighted by atomic mass is 9.98. The second-order valence-electron chi connectivity index (χ2n) is 6.83. The van der Waals surface area contributed by atoms with Gasteiger partial charge in [0.2, 0.25) is 15.9 Å². The lowest BCUT2D eigenvalue weighted by Gasteiger charge is -2.30. The van der Waals surface area contributed by atoms with Crippen LogP contribution >= 0.6 is 0 Å². The zero-order valence-corrected chi connectivity index (χ0v) is 15.8. The van der Waals surface area contributed by atoms with E-state index < -0.39 is 10.0 Å². The van der Waals surface area contributed by atoms with Crippen molar-refractivity contribution in [3.05, 3.63) is 34.7 Å². The molecule has 1 saturated heterocycles. The Balaban J connectivity index is 1.58. The second-order valence-corrected chi connectivity index (χ2v) is 8.81. The summed E-state index contributed by atoms with van der Waals surface area (Å²) >= 11 is 0. The monoisotopic (exact) mass is 380 g/mol. The molecule has 2 heterocycles. The largest absolute Gasteiger partial charge is 0.354 e. The van der Waals surface area contributed by atoms with Crippen molar-refractivity contribution in [3.8, 4) is 0 Å². The third-order valence-electron chi connectivity index (χ3n) is 4.98. The van der Waals surface area contributed by atoms with Gasteiger partial charge in [0.05, 0.1) is 17.3 Å². The Morgan fingerprint density at radius 3 is 2.42 bits per heavy atom. The van der Waals surface area contributed by atoms with Crippen LogP contribution in [0.5, 0.6) is 0 Å². The average Bonchev–Trinajstić information content (AvgIpc) is 2.85.